The fourth-order valence-electron chi connectivity index (χ4n) is 5.59. The topological polar surface area (TPSA) is 23.8 Å². The molecule has 2 aliphatic rings. The lowest BCUT2D eigenvalue weighted by Crippen LogP contribution is -2.26. The summed E-state index contributed by atoms with van der Waals surface area (Å²) in [5, 5.41) is 9.65. The van der Waals surface area contributed by atoms with Gasteiger partial charge in [0.25, 0.3) is 0 Å². The van der Waals surface area contributed by atoms with Crippen molar-refractivity contribution >= 4 is 0 Å². The third-order valence-electron chi connectivity index (χ3n) is 7.72. The maximum absolute atomic E-state index is 9.65. The summed E-state index contributed by atoms with van der Waals surface area (Å²) in [6, 6.07) is 2.71. The molecule has 0 N–H and O–H groups in total. The third kappa shape index (κ3) is 7.25. The molecule has 0 amide bonds. The Morgan fingerprint density at radius 3 is 1.77 bits per heavy atom. The highest BCUT2D eigenvalue weighted by Crippen LogP contribution is 2.44. The Kier molecular flexibility index (Phi) is 10.1. The fourth-order valence-corrected chi connectivity index (χ4v) is 5.59. The minimum absolute atomic E-state index is 0.0440. The normalized spacial score (nSPS) is 32.3. The van der Waals surface area contributed by atoms with Crippen molar-refractivity contribution in [3.05, 3.63) is 0 Å². The minimum atomic E-state index is 0.0440. The van der Waals surface area contributed by atoms with Gasteiger partial charge in [-0.25, -0.2) is 0 Å². The van der Waals surface area contributed by atoms with Crippen molar-refractivity contribution in [2.75, 3.05) is 0 Å². The van der Waals surface area contributed by atoms with Crippen LogP contribution in [0, 0.1) is 34.5 Å². The van der Waals surface area contributed by atoms with Crippen molar-refractivity contribution in [3.8, 4) is 6.07 Å². The van der Waals surface area contributed by atoms with Crippen LogP contribution in [0.5, 0.6) is 0 Å². The fraction of sp³-hybridized carbons (Fsp3) is 0.960. The van der Waals surface area contributed by atoms with Crippen LogP contribution in [0.3, 0.4) is 0 Å². The highest BCUT2D eigenvalue weighted by molar-refractivity contribution is 5.01. The molecule has 1 heteroatoms. The first-order chi connectivity index (χ1) is 12.7. The molecule has 0 spiro atoms. The van der Waals surface area contributed by atoms with Crippen molar-refractivity contribution < 1.29 is 0 Å². The smallest absolute Gasteiger partial charge is 0.0689 e. The number of hydrogen-bond acceptors (Lipinski definition) is 1. The molecule has 0 saturated heterocycles. The molecule has 0 heterocycles. The Bertz CT molecular complexity index is 391. The molecule has 0 bridgehead atoms. The van der Waals surface area contributed by atoms with Gasteiger partial charge in [0.15, 0.2) is 0 Å². The summed E-state index contributed by atoms with van der Waals surface area (Å²) in [7, 11) is 0. The van der Waals surface area contributed by atoms with Crippen molar-refractivity contribution in [2.45, 2.75) is 129 Å². The van der Waals surface area contributed by atoms with E-state index >= 15 is 0 Å². The average Bonchev–Trinajstić information content (AvgIpc) is 2.70. The average molecular weight is 360 g/mol. The molecule has 1 nitrogen and oxygen atoms in total. The molecule has 0 aliphatic heterocycles. The van der Waals surface area contributed by atoms with Crippen molar-refractivity contribution in [1.82, 2.24) is 0 Å². The molecule has 2 aliphatic carbocycles. The molecule has 0 aromatic carbocycles. The van der Waals surface area contributed by atoms with E-state index in [0.717, 1.165) is 24.2 Å². The monoisotopic (exact) mass is 359 g/mol. The van der Waals surface area contributed by atoms with Gasteiger partial charge in [-0.3, -0.25) is 0 Å². The molecule has 0 atom stereocenters. The van der Waals surface area contributed by atoms with Crippen LogP contribution in [0.1, 0.15) is 129 Å². The second-order valence-electron chi connectivity index (χ2n) is 9.75. The van der Waals surface area contributed by atoms with E-state index in [1.54, 1.807) is 0 Å². The summed E-state index contributed by atoms with van der Waals surface area (Å²) in [5.74, 6) is 2.99. The molecule has 0 aromatic heterocycles. The molecule has 2 rings (SSSR count). The number of hydrogen-bond donors (Lipinski definition) is 0. The summed E-state index contributed by atoms with van der Waals surface area (Å²) in [6.07, 6.45) is 24.8. The second kappa shape index (κ2) is 12.0. The molecule has 150 valence electrons. The minimum Gasteiger partial charge on any atom is -0.198 e. The maximum Gasteiger partial charge on any atom is 0.0689 e. The van der Waals surface area contributed by atoms with E-state index in [2.05, 4.69) is 19.9 Å². The molecule has 26 heavy (non-hydrogen) atoms. The van der Waals surface area contributed by atoms with Gasteiger partial charge in [-0.2, -0.15) is 5.26 Å². The van der Waals surface area contributed by atoms with Crippen LogP contribution >= 0.6 is 0 Å². The Morgan fingerprint density at radius 2 is 1.23 bits per heavy atom. The molecule has 0 unspecified atom stereocenters. The Hall–Kier alpha value is -0.510. The summed E-state index contributed by atoms with van der Waals surface area (Å²) < 4.78 is 0. The zero-order chi connectivity index (χ0) is 18.7. The van der Waals surface area contributed by atoms with Gasteiger partial charge in [0, 0.05) is 0 Å². The van der Waals surface area contributed by atoms with Gasteiger partial charge in [0.2, 0.25) is 0 Å². The first kappa shape index (κ1) is 21.8. The first-order valence-corrected chi connectivity index (χ1v) is 12.1. The Morgan fingerprint density at radius 1 is 0.692 bits per heavy atom. The van der Waals surface area contributed by atoms with Crippen LogP contribution in [0.15, 0.2) is 0 Å². The second-order valence-corrected chi connectivity index (χ2v) is 9.75. The predicted molar refractivity (Wildman–Crippen MR) is 113 cm³/mol. The number of nitrogens with zero attached hydrogens (tertiary/aromatic N) is 1. The number of rotatable bonds is 11. The molecule has 0 aromatic rings. The number of nitriles is 1. The van der Waals surface area contributed by atoms with Gasteiger partial charge >= 0.3 is 0 Å². The van der Waals surface area contributed by atoms with Gasteiger partial charge < -0.3 is 0 Å². The predicted octanol–water partition coefficient (Wildman–Crippen LogP) is 8.43. The number of unbranched alkanes of at least 4 members (excludes halogenated alkanes) is 4. The quantitative estimate of drug-likeness (QED) is 0.339. The van der Waals surface area contributed by atoms with Gasteiger partial charge in [0.05, 0.1) is 11.5 Å². The SMILES string of the molecule is CCCCCCC1CCC(CCC2CCC(C#N)(CCCC)CC2)CC1. The zero-order valence-electron chi connectivity index (χ0n) is 17.9. The van der Waals surface area contributed by atoms with Crippen LogP contribution in [-0.4, -0.2) is 0 Å². The lowest BCUT2D eigenvalue weighted by atomic mass is 9.67. The van der Waals surface area contributed by atoms with Crippen LogP contribution in [0.2, 0.25) is 0 Å². The molecular formula is C25H45N. The van der Waals surface area contributed by atoms with E-state index in [1.807, 2.05) is 0 Å². The summed E-state index contributed by atoms with van der Waals surface area (Å²) in [4.78, 5) is 0. The van der Waals surface area contributed by atoms with E-state index in [4.69, 9.17) is 0 Å². The van der Waals surface area contributed by atoms with E-state index < -0.39 is 0 Å². The lowest BCUT2D eigenvalue weighted by Gasteiger charge is -2.36. The van der Waals surface area contributed by atoms with Gasteiger partial charge in [-0.15, -0.1) is 0 Å². The Balaban J connectivity index is 1.57. The van der Waals surface area contributed by atoms with Gasteiger partial charge in [-0.05, 0) is 49.9 Å². The largest absolute Gasteiger partial charge is 0.198 e. The van der Waals surface area contributed by atoms with E-state index in [1.165, 1.54) is 109 Å². The van der Waals surface area contributed by atoms with E-state index in [9.17, 15) is 5.26 Å². The van der Waals surface area contributed by atoms with Crippen molar-refractivity contribution in [3.63, 3.8) is 0 Å². The summed E-state index contributed by atoms with van der Waals surface area (Å²) in [6.45, 7) is 4.56. The first-order valence-electron chi connectivity index (χ1n) is 12.1. The van der Waals surface area contributed by atoms with Crippen LogP contribution in [0.4, 0.5) is 0 Å². The highest BCUT2D eigenvalue weighted by Gasteiger charge is 2.35. The van der Waals surface area contributed by atoms with Crippen LogP contribution < -0.4 is 0 Å². The third-order valence-corrected chi connectivity index (χ3v) is 7.72. The summed E-state index contributed by atoms with van der Waals surface area (Å²) in [5.41, 5.74) is 0.0440. The van der Waals surface area contributed by atoms with E-state index in [-0.39, 0.29) is 5.41 Å². The molecule has 2 saturated carbocycles. The van der Waals surface area contributed by atoms with Gasteiger partial charge in [-0.1, -0.05) is 97.3 Å². The molecule has 0 radical (unpaired) electrons. The lowest BCUT2D eigenvalue weighted by molar-refractivity contribution is 0.171. The zero-order valence-corrected chi connectivity index (χ0v) is 17.9. The summed E-state index contributed by atoms with van der Waals surface area (Å²) >= 11 is 0. The van der Waals surface area contributed by atoms with Crippen LogP contribution in [0.25, 0.3) is 0 Å². The van der Waals surface area contributed by atoms with Gasteiger partial charge in [0.1, 0.15) is 0 Å². The molecular weight excluding hydrogens is 314 g/mol. The maximum atomic E-state index is 9.65. The van der Waals surface area contributed by atoms with Crippen molar-refractivity contribution in [1.29, 1.82) is 5.26 Å². The standard InChI is InChI=1S/C25H45N/c1-3-5-7-8-9-22-10-12-23(13-11-22)14-15-24-16-19-25(21-26,20-17-24)18-6-4-2/h22-24H,3-20H2,1-2H3. The Labute approximate surface area is 164 Å². The van der Waals surface area contributed by atoms with E-state index in [0.29, 0.717) is 0 Å². The van der Waals surface area contributed by atoms with Crippen LogP contribution in [-0.2, 0) is 0 Å². The van der Waals surface area contributed by atoms with Crippen molar-refractivity contribution in [2.24, 2.45) is 23.2 Å². The molecule has 2 fully saturated rings. The highest BCUT2D eigenvalue weighted by atomic mass is 14.4.